The van der Waals surface area contributed by atoms with Crippen LogP contribution in [-0.4, -0.2) is 48.1 Å². The minimum absolute atomic E-state index is 0.275. The monoisotopic (exact) mass is 402 g/mol. The molecule has 0 aliphatic carbocycles. The van der Waals surface area contributed by atoms with Gasteiger partial charge in [0.25, 0.3) is 5.91 Å². The number of likely N-dealkylation sites (tertiary alicyclic amines) is 1. The van der Waals surface area contributed by atoms with E-state index in [1.807, 2.05) is 6.07 Å². The van der Waals surface area contributed by atoms with E-state index in [0.29, 0.717) is 37.2 Å². The van der Waals surface area contributed by atoms with E-state index in [9.17, 15) is 14.4 Å². The van der Waals surface area contributed by atoms with Gasteiger partial charge in [-0.3, -0.25) is 20.4 Å². The van der Waals surface area contributed by atoms with Gasteiger partial charge in [0, 0.05) is 19.0 Å². The Hall–Kier alpha value is -3.28. The second kappa shape index (κ2) is 9.78. The van der Waals surface area contributed by atoms with E-state index >= 15 is 0 Å². The van der Waals surface area contributed by atoms with Crippen molar-refractivity contribution < 1.29 is 23.9 Å². The predicted molar refractivity (Wildman–Crippen MR) is 103 cm³/mol. The van der Waals surface area contributed by atoms with Crippen molar-refractivity contribution in [3.05, 3.63) is 29.8 Å². The van der Waals surface area contributed by atoms with Crippen molar-refractivity contribution in [1.29, 1.82) is 5.26 Å². The zero-order valence-corrected chi connectivity index (χ0v) is 16.9. The number of ether oxygens (including phenoxy) is 2. The van der Waals surface area contributed by atoms with Crippen molar-refractivity contribution >= 4 is 17.9 Å². The van der Waals surface area contributed by atoms with E-state index in [0.717, 1.165) is 0 Å². The first kappa shape index (κ1) is 22.0. The Labute approximate surface area is 169 Å². The van der Waals surface area contributed by atoms with Crippen LogP contribution in [-0.2, 0) is 14.3 Å². The Morgan fingerprint density at radius 3 is 2.31 bits per heavy atom. The number of hydrazine groups is 1. The molecule has 0 unspecified atom stereocenters. The van der Waals surface area contributed by atoms with Gasteiger partial charge in [-0.25, -0.2) is 4.79 Å². The van der Waals surface area contributed by atoms with Gasteiger partial charge in [-0.1, -0.05) is 0 Å². The Morgan fingerprint density at radius 1 is 1.14 bits per heavy atom. The van der Waals surface area contributed by atoms with Crippen LogP contribution in [0.3, 0.4) is 0 Å². The number of carbonyl (C=O) groups excluding carboxylic acids is 3. The van der Waals surface area contributed by atoms with Crippen LogP contribution in [0.5, 0.6) is 5.75 Å². The molecule has 3 amide bonds. The average molecular weight is 402 g/mol. The van der Waals surface area contributed by atoms with Crippen molar-refractivity contribution in [2.24, 2.45) is 5.92 Å². The summed E-state index contributed by atoms with van der Waals surface area (Å²) in [7, 11) is 0. The highest BCUT2D eigenvalue weighted by molar-refractivity contribution is 5.84. The standard InChI is InChI=1S/C20H26N4O5/c1-20(2,3)29-19(27)24-10-8-15(9-11-24)18(26)23-22-17(25)13-28-16-6-4-14(12-21)5-7-16/h4-7,15H,8-11,13H2,1-3H3,(H,22,25)(H,23,26). The summed E-state index contributed by atoms with van der Waals surface area (Å²) in [5, 5.41) is 8.74. The number of hydrogen-bond acceptors (Lipinski definition) is 6. The number of rotatable bonds is 4. The SMILES string of the molecule is CC(C)(C)OC(=O)N1CCC(C(=O)NNC(=O)COc2ccc(C#N)cc2)CC1. The first-order valence-corrected chi connectivity index (χ1v) is 9.37. The quantitative estimate of drug-likeness (QED) is 0.740. The number of benzene rings is 1. The van der Waals surface area contributed by atoms with Crippen LogP contribution in [0.2, 0.25) is 0 Å². The van der Waals surface area contributed by atoms with Gasteiger partial charge in [-0.2, -0.15) is 5.26 Å². The van der Waals surface area contributed by atoms with Gasteiger partial charge in [0.05, 0.1) is 11.6 Å². The smallest absolute Gasteiger partial charge is 0.410 e. The molecule has 1 saturated heterocycles. The molecule has 2 rings (SSSR count). The van der Waals surface area contributed by atoms with Gasteiger partial charge < -0.3 is 14.4 Å². The fourth-order valence-electron chi connectivity index (χ4n) is 2.69. The summed E-state index contributed by atoms with van der Waals surface area (Å²) in [5.41, 5.74) is 4.64. The lowest BCUT2D eigenvalue weighted by Crippen LogP contribution is -2.49. The number of nitriles is 1. The van der Waals surface area contributed by atoms with Gasteiger partial charge >= 0.3 is 6.09 Å². The van der Waals surface area contributed by atoms with E-state index in [1.54, 1.807) is 49.9 Å². The molecule has 29 heavy (non-hydrogen) atoms. The summed E-state index contributed by atoms with van der Waals surface area (Å²) < 4.78 is 10.6. The highest BCUT2D eigenvalue weighted by Gasteiger charge is 2.30. The van der Waals surface area contributed by atoms with Gasteiger partial charge in [-0.15, -0.1) is 0 Å². The molecular formula is C20H26N4O5. The molecule has 0 radical (unpaired) electrons. The molecule has 1 fully saturated rings. The molecule has 1 aliphatic heterocycles. The molecule has 0 bridgehead atoms. The summed E-state index contributed by atoms with van der Waals surface area (Å²) in [6, 6.07) is 8.33. The molecule has 1 aromatic rings. The zero-order chi connectivity index (χ0) is 21.4. The molecule has 0 atom stereocenters. The maximum atomic E-state index is 12.2. The molecule has 0 saturated carbocycles. The number of amides is 3. The van der Waals surface area contributed by atoms with Crippen LogP contribution < -0.4 is 15.6 Å². The Balaban J connectivity index is 1.68. The minimum Gasteiger partial charge on any atom is -0.484 e. The molecule has 0 aromatic heterocycles. The first-order valence-electron chi connectivity index (χ1n) is 9.37. The van der Waals surface area contributed by atoms with Crippen molar-refractivity contribution in [2.45, 2.75) is 39.2 Å². The van der Waals surface area contributed by atoms with Crippen molar-refractivity contribution in [3.63, 3.8) is 0 Å². The van der Waals surface area contributed by atoms with Crippen molar-refractivity contribution in [3.8, 4) is 11.8 Å². The second-order valence-corrected chi connectivity index (χ2v) is 7.70. The lowest BCUT2D eigenvalue weighted by Gasteiger charge is -2.32. The number of nitrogens with zero attached hydrogens (tertiary/aromatic N) is 2. The highest BCUT2D eigenvalue weighted by Crippen LogP contribution is 2.19. The Bertz CT molecular complexity index is 772. The first-order chi connectivity index (χ1) is 13.7. The third-order valence-electron chi connectivity index (χ3n) is 4.20. The second-order valence-electron chi connectivity index (χ2n) is 7.70. The molecule has 2 N–H and O–H groups in total. The lowest BCUT2D eigenvalue weighted by molar-refractivity contribution is -0.133. The third-order valence-corrected chi connectivity index (χ3v) is 4.20. The molecule has 1 aromatic carbocycles. The van der Waals surface area contributed by atoms with Crippen molar-refractivity contribution in [2.75, 3.05) is 19.7 Å². The van der Waals surface area contributed by atoms with Crippen LogP contribution >= 0.6 is 0 Å². The molecule has 9 heteroatoms. The highest BCUT2D eigenvalue weighted by atomic mass is 16.6. The predicted octanol–water partition coefficient (Wildman–Crippen LogP) is 1.73. The largest absolute Gasteiger partial charge is 0.484 e. The maximum absolute atomic E-state index is 12.2. The van der Waals surface area contributed by atoms with Crippen LogP contribution in [0.1, 0.15) is 39.2 Å². The van der Waals surface area contributed by atoms with E-state index in [4.69, 9.17) is 14.7 Å². The Morgan fingerprint density at radius 2 is 1.76 bits per heavy atom. The molecule has 156 valence electrons. The van der Waals surface area contributed by atoms with Gasteiger partial charge in [0.15, 0.2) is 6.61 Å². The number of piperidine rings is 1. The molecule has 0 spiro atoms. The zero-order valence-electron chi connectivity index (χ0n) is 16.9. The summed E-state index contributed by atoms with van der Waals surface area (Å²) in [5.74, 6) is -0.664. The van der Waals surface area contributed by atoms with Crippen LogP contribution in [0.4, 0.5) is 4.79 Å². The summed E-state index contributed by atoms with van der Waals surface area (Å²) in [6.07, 6.45) is 0.593. The van der Waals surface area contributed by atoms with Crippen LogP contribution in [0.15, 0.2) is 24.3 Å². The van der Waals surface area contributed by atoms with Crippen LogP contribution in [0.25, 0.3) is 0 Å². The van der Waals surface area contributed by atoms with Crippen LogP contribution in [0, 0.1) is 17.2 Å². The number of hydrogen-bond donors (Lipinski definition) is 2. The maximum Gasteiger partial charge on any atom is 0.410 e. The summed E-state index contributed by atoms with van der Waals surface area (Å²) in [4.78, 5) is 37.7. The van der Waals surface area contributed by atoms with E-state index in [1.165, 1.54) is 0 Å². The molecule has 1 aliphatic rings. The lowest BCUT2D eigenvalue weighted by atomic mass is 9.96. The van der Waals surface area contributed by atoms with E-state index < -0.39 is 11.5 Å². The normalized spacial score (nSPS) is 14.5. The van der Waals surface area contributed by atoms with Gasteiger partial charge in [0.2, 0.25) is 5.91 Å². The Kier molecular flexibility index (Phi) is 7.42. The van der Waals surface area contributed by atoms with E-state index in [-0.39, 0.29) is 24.5 Å². The third kappa shape index (κ3) is 7.33. The molecule has 1 heterocycles. The summed E-state index contributed by atoms with van der Waals surface area (Å²) in [6.45, 7) is 5.98. The van der Waals surface area contributed by atoms with Gasteiger partial charge in [0.1, 0.15) is 11.4 Å². The topological polar surface area (TPSA) is 121 Å². The van der Waals surface area contributed by atoms with Gasteiger partial charge in [-0.05, 0) is 57.9 Å². The van der Waals surface area contributed by atoms with E-state index in [2.05, 4.69) is 10.9 Å². The average Bonchev–Trinajstić information content (AvgIpc) is 2.69. The number of nitrogens with one attached hydrogen (secondary N) is 2. The number of carbonyl (C=O) groups is 3. The molecule has 9 nitrogen and oxygen atoms in total. The van der Waals surface area contributed by atoms with Crippen molar-refractivity contribution in [1.82, 2.24) is 15.8 Å². The minimum atomic E-state index is -0.560. The summed E-state index contributed by atoms with van der Waals surface area (Å²) >= 11 is 0. The fraction of sp³-hybridized carbons (Fsp3) is 0.500. The fourth-order valence-corrected chi connectivity index (χ4v) is 2.69. The molecular weight excluding hydrogens is 376 g/mol.